The molecule has 92 valence electrons. The standard InChI is InChI=1S/C15H9FN2S/c16-12-1-3-14(11(7-12)9-17)18-13-2-4-15-10(8-13)5-6-19-15/h1-8,18H. The van der Waals surface area contributed by atoms with Gasteiger partial charge in [-0.1, -0.05) is 0 Å². The molecule has 3 aromatic rings. The Morgan fingerprint density at radius 3 is 2.84 bits per heavy atom. The lowest BCUT2D eigenvalue weighted by Gasteiger charge is -2.08. The molecule has 19 heavy (non-hydrogen) atoms. The summed E-state index contributed by atoms with van der Waals surface area (Å²) in [5, 5.41) is 15.3. The summed E-state index contributed by atoms with van der Waals surface area (Å²) in [6, 6.07) is 14.2. The summed E-state index contributed by atoms with van der Waals surface area (Å²) >= 11 is 1.68. The van der Waals surface area contributed by atoms with E-state index in [0.29, 0.717) is 11.3 Å². The van der Waals surface area contributed by atoms with E-state index in [1.807, 2.05) is 35.7 Å². The highest BCUT2D eigenvalue weighted by atomic mass is 32.1. The molecule has 1 aromatic heterocycles. The van der Waals surface area contributed by atoms with Gasteiger partial charge < -0.3 is 5.32 Å². The number of nitrogens with one attached hydrogen (secondary N) is 1. The molecule has 0 aliphatic rings. The summed E-state index contributed by atoms with van der Waals surface area (Å²) in [5.74, 6) is -0.407. The number of fused-ring (bicyclic) bond motifs is 1. The fraction of sp³-hybridized carbons (Fsp3) is 0. The smallest absolute Gasteiger partial charge is 0.124 e. The van der Waals surface area contributed by atoms with Gasteiger partial charge in [-0.2, -0.15) is 5.26 Å². The van der Waals surface area contributed by atoms with Crippen molar-refractivity contribution in [2.24, 2.45) is 0 Å². The van der Waals surface area contributed by atoms with Gasteiger partial charge in [0.05, 0.1) is 11.3 Å². The van der Waals surface area contributed by atoms with Gasteiger partial charge in [0.2, 0.25) is 0 Å². The minimum atomic E-state index is -0.407. The molecule has 3 rings (SSSR count). The van der Waals surface area contributed by atoms with Gasteiger partial charge in [0.1, 0.15) is 11.9 Å². The van der Waals surface area contributed by atoms with Gasteiger partial charge in [-0.05, 0) is 53.2 Å². The summed E-state index contributed by atoms with van der Waals surface area (Å²) in [6.07, 6.45) is 0. The largest absolute Gasteiger partial charge is 0.354 e. The molecule has 0 bridgehead atoms. The molecule has 0 atom stereocenters. The normalized spacial score (nSPS) is 10.3. The zero-order valence-corrected chi connectivity index (χ0v) is 10.7. The molecular weight excluding hydrogens is 259 g/mol. The lowest BCUT2D eigenvalue weighted by atomic mass is 10.1. The highest BCUT2D eigenvalue weighted by molar-refractivity contribution is 7.17. The van der Waals surface area contributed by atoms with Crippen molar-refractivity contribution in [3.05, 3.63) is 59.2 Å². The second-order valence-electron chi connectivity index (χ2n) is 4.10. The number of nitrogens with zero attached hydrogens (tertiary/aromatic N) is 1. The zero-order chi connectivity index (χ0) is 13.2. The van der Waals surface area contributed by atoms with Crippen molar-refractivity contribution in [1.29, 1.82) is 5.26 Å². The molecule has 0 aliphatic heterocycles. The molecule has 0 fully saturated rings. The van der Waals surface area contributed by atoms with Gasteiger partial charge in [-0.3, -0.25) is 0 Å². The molecular formula is C15H9FN2S. The Morgan fingerprint density at radius 1 is 1.11 bits per heavy atom. The van der Waals surface area contributed by atoms with Crippen LogP contribution < -0.4 is 5.32 Å². The van der Waals surface area contributed by atoms with Crippen LogP contribution in [0.4, 0.5) is 15.8 Å². The lowest BCUT2D eigenvalue weighted by molar-refractivity contribution is 0.627. The first kappa shape index (κ1) is 11.7. The van der Waals surface area contributed by atoms with Crippen LogP contribution in [-0.2, 0) is 0 Å². The second kappa shape index (κ2) is 4.71. The maximum atomic E-state index is 13.1. The third kappa shape index (κ3) is 2.28. The maximum absolute atomic E-state index is 13.1. The van der Waals surface area contributed by atoms with E-state index in [4.69, 9.17) is 5.26 Å². The quantitative estimate of drug-likeness (QED) is 0.734. The second-order valence-corrected chi connectivity index (χ2v) is 5.05. The number of benzene rings is 2. The monoisotopic (exact) mass is 268 g/mol. The molecule has 0 spiro atoms. The fourth-order valence-electron chi connectivity index (χ4n) is 1.92. The average Bonchev–Trinajstić information content (AvgIpc) is 2.88. The number of hydrogen-bond acceptors (Lipinski definition) is 3. The van der Waals surface area contributed by atoms with Crippen LogP contribution in [0.1, 0.15) is 5.56 Å². The maximum Gasteiger partial charge on any atom is 0.124 e. The van der Waals surface area contributed by atoms with E-state index in [9.17, 15) is 4.39 Å². The molecule has 1 N–H and O–H groups in total. The van der Waals surface area contributed by atoms with Gasteiger partial charge >= 0.3 is 0 Å². The number of nitriles is 1. The van der Waals surface area contributed by atoms with Crippen molar-refractivity contribution in [3.63, 3.8) is 0 Å². The van der Waals surface area contributed by atoms with Crippen LogP contribution in [0.3, 0.4) is 0 Å². The van der Waals surface area contributed by atoms with E-state index in [0.717, 1.165) is 11.1 Å². The first-order valence-corrected chi connectivity index (χ1v) is 6.58. The highest BCUT2D eigenvalue weighted by Crippen LogP contribution is 2.27. The lowest BCUT2D eigenvalue weighted by Crippen LogP contribution is -1.94. The number of hydrogen-bond donors (Lipinski definition) is 1. The van der Waals surface area contributed by atoms with Crippen molar-refractivity contribution < 1.29 is 4.39 Å². The molecule has 0 radical (unpaired) electrons. The summed E-state index contributed by atoms with van der Waals surface area (Å²) in [7, 11) is 0. The Bertz CT molecular complexity index is 786. The number of rotatable bonds is 2. The molecule has 0 saturated carbocycles. The van der Waals surface area contributed by atoms with E-state index in [-0.39, 0.29) is 0 Å². The SMILES string of the molecule is N#Cc1cc(F)ccc1Nc1ccc2sccc2c1. The Morgan fingerprint density at radius 2 is 2.00 bits per heavy atom. The molecule has 0 aliphatic carbocycles. The summed E-state index contributed by atoms with van der Waals surface area (Å²) in [5.41, 5.74) is 1.79. The minimum Gasteiger partial charge on any atom is -0.354 e. The molecule has 2 nitrogen and oxygen atoms in total. The van der Waals surface area contributed by atoms with Crippen LogP contribution in [0.2, 0.25) is 0 Å². The van der Waals surface area contributed by atoms with E-state index >= 15 is 0 Å². The van der Waals surface area contributed by atoms with Crippen LogP contribution in [0.25, 0.3) is 10.1 Å². The van der Waals surface area contributed by atoms with Crippen molar-refractivity contribution in [2.45, 2.75) is 0 Å². The molecule has 1 heterocycles. The predicted molar refractivity (Wildman–Crippen MR) is 76.2 cm³/mol. The Hall–Kier alpha value is -2.38. The first-order valence-electron chi connectivity index (χ1n) is 5.70. The van der Waals surface area contributed by atoms with Crippen LogP contribution in [-0.4, -0.2) is 0 Å². The number of anilines is 2. The van der Waals surface area contributed by atoms with Crippen molar-refractivity contribution in [3.8, 4) is 6.07 Å². The molecule has 4 heteroatoms. The van der Waals surface area contributed by atoms with Crippen molar-refractivity contribution in [2.75, 3.05) is 5.32 Å². The summed E-state index contributed by atoms with van der Waals surface area (Å²) < 4.78 is 14.3. The topological polar surface area (TPSA) is 35.8 Å². The van der Waals surface area contributed by atoms with E-state index in [1.54, 1.807) is 17.4 Å². The zero-order valence-electron chi connectivity index (χ0n) is 9.85. The molecule has 0 unspecified atom stereocenters. The number of halogens is 1. The highest BCUT2D eigenvalue weighted by Gasteiger charge is 2.04. The van der Waals surface area contributed by atoms with Gasteiger partial charge in [0, 0.05) is 10.4 Å². The van der Waals surface area contributed by atoms with Gasteiger partial charge in [0.25, 0.3) is 0 Å². The van der Waals surface area contributed by atoms with E-state index < -0.39 is 5.82 Å². The third-order valence-electron chi connectivity index (χ3n) is 2.83. The Balaban J connectivity index is 1.98. The van der Waals surface area contributed by atoms with Gasteiger partial charge in [0.15, 0.2) is 0 Å². The van der Waals surface area contributed by atoms with Gasteiger partial charge in [-0.15, -0.1) is 11.3 Å². The Kier molecular flexibility index (Phi) is 2.90. The van der Waals surface area contributed by atoms with Crippen LogP contribution in [0.5, 0.6) is 0 Å². The Labute approximate surface area is 113 Å². The van der Waals surface area contributed by atoms with Crippen LogP contribution in [0.15, 0.2) is 47.8 Å². The van der Waals surface area contributed by atoms with Crippen molar-refractivity contribution >= 4 is 32.8 Å². The molecule has 0 amide bonds. The molecule has 0 saturated heterocycles. The molecule has 2 aromatic carbocycles. The third-order valence-corrected chi connectivity index (χ3v) is 3.73. The number of thiophene rings is 1. The summed E-state index contributed by atoms with van der Waals surface area (Å²) in [6.45, 7) is 0. The first-order chi connectivity index (χ1) is 9.26. The van der Waals surface area contributed by atoms with Crippen LogP contribution in [0, 0.1) is 17.1 Å². The average molecular weight is 268 g/mol. The van der Waals surface area contributed by atoms with Crippen molar-refractivity contribution in [1.82, 2.24) is 0 Å². The van der Waals surface area contributed by atoms with Crippen LogP contribution >= 0.6 is 11.3 Å². The van der Waals surface area contributed by atoms with Gasteiger partial charge in [-0.25, -0.2) is 4.39 Å². The fourth-order valence-corrected chi connectivity index (χ4v) is 2.69. The van der Waals surface area contributed by atoms with E-state index in [2.05, 4.69) is 5.32 Å². The minimum absolute atomic E-state index is 0.297. The summed E-state index contributed by atoms with van der Waals surface area (Å²) in [4.78, 5) is 0. The predicted octanol–water partition coefficient (Wildman–Crippen LogP) is 4.66. The van der Waals surface area contributed by atoms with E-state index in [1.165, 1.54) is 16.8 Å².